The highest BCUT2D eigenvalue weighted by atomic mass is 35.5. The fourth-order valence-electron chi connectivity index (χ4n) is 5.01. The van der Waals surface area contributed by atoms with Gasteiger partial charge in [-0.1, -0.05) is 41.9 Å². The standard InChI is InChI=1S/C25H24ClN3O6/c26-16-9-17-23(29-25(27-17)35-19-11-34-21-18(30)10-33-22(19)21)28-20(16)14-5-1-12(2-6-14)13-3-7-15(8-4-13)24(31)32/h1-3,5-6,9,15,18-19,21-22,30H,4,7-8,10-11H2,(H,31,32)(H,27,28,29)/t15-,18-,19-,21-,22-/m1/s1. The second-order valence-electron chi connectivity index (χ2n) is 9.17. The van der Waals surface area contributed by atoms with Crippen molar-refractivity contribution in [2.75, 3.05) is 13.2 Å². The predicted octanol–water partition coefficient (Wildman–Crippen LogP) is 3.45. The lowest BCUT2D eigenvalue weighted by Crippen LogP contribution is -2.34. The van der Waals surface area contributed by atoms with Gasteiger partial charge in [0.1, 0.15) is 18.3 Å². The van der Waals surface area contributed by atoms with E-state index in [1.165, 1.54) is 0 Å². The van der Waals surface area contributed by atoms with Crippen molar-refractivity contribution in [1.29, 1.82) is 0 Å². The van der Waals surface area contributed by atoms with Gasteiger partial charge in [-0.25, -0.2) is 4.98 Å². The minimum absolute atomic E-state index is 0.231. The van der Waals surface area contributed by atoms with Crippen molar-refractivity contribution in [2.24, 2.45) is 5.92 Å². The summed E-state index contributed by atoms with van der Waals surface area (Å²) in [7, 11) is 0. The van der Waals surface area contributed by atoms with Crippen molar-refractivity contribution in [3.8, 4) is 17.3 Å². The molecule has 182 valence electrons. The number of imidazole rings is 1. The van der Waals surface area contributed by atoms with Crippen LogP contribution in [-0.2, 0) is 14.3 Å². The second-order valence-corrected chi connectivity index (χ2v) is 9.57. The van der Waals surface area contributed by atoms with E-state index in [4.69, 9.17) is 25.8 Å². The van der Waals surface area contributed by atoms with Gasteiger partial charge in [-0.05, 0) is 36.5 Å². The number of allylic oxidation sites excluding steroid dienone is 2. The summed E-state index contributed by atoms with van der Waals surface area (Å²) in [5, 5.41) is 19.6. The number of pyridine rings is 1. The van der Waals surface area contributed by atoms with Crippen LogP contribution in [0.4, 0.5) is 0 Å². The normalized spacial score (nSPS) is 28.2. The topological polar surface area (TPSA) is 127 Å². The highest BCUT2D eigenvalue weighted by molar-refractivity contribution is 6.33. The van der Waals surface area contributed by atoms with E-state index in [1.807, 2.05) is 30.3 Å². The van der Waals surface area contributed by atoms with Crippen LogP contribution in [-0.4, -0.2) is 68.8 Å². The number of aromatic amines is 1. The van der Waals surface area contributed by atoms with Gasteiger partial charge in [0.15, 0.2) is 11.8 Å². The molecule has 1 aromatic carbocycles. The average molecular weight is 498 g/mol. The summed E-state index contributed by atoms with van der Waals surface area (Å²) >= 11 is 6.55. The molecule has 3 N–H and O–H groups in total. The Balaban J connectivity index is 1.21. The first-order valence-corrected chi connectivity index (χ1v) is 12.0. The van der Waals surface area contributed by atoms with E-state index in [1.54, 1.807) is 6.07 Å². The maximum atomic E-state index is 11.2. The molecule has 0 unspecified atom stereocenters. The van der Waals surface area contributed by atoms with Gasteiger partial charge in [0.2, 0.25) is 0 Å². The molecule has 0 spiro atoms. The molecule has 4 heterocycles. The third-order valence-electron chi connectivity index (χ3n) is 6.94. The molecule has 6 rings (SSSR count). The maximum absolute atomic E-state index is 11.2. The van der Waals surface area contributed by atoms with Crippen LogP contribution in [0.1, 0.15) is 24.8 Å². The molecular formula is C25H24ClN3O6. The fraction of sp³-hybridized carbons (Fsp3) is 0.400. The summed E-state index contributed by atoms with van der Waals surface area (Å²) in [6, 6.07) is 10.0. The number of aromatic nitrogens is 3. The van der Waals surface area contributed by atoms with Crippen molar-refractivity contribution in [3.63, 3.8) is 0 Å². The molecular weight excluding hydrogens is 474 g/mol. The zero-order chi connectivity index (χ0) is 24.1. The van der Waals surface area contributed by atoms with Gasteiger partial charge in [0.05, 0.1) is 35.4 Å². The van der Waals surface area contributed by atoms with Crippen molar-refractivity contribution in [2.45, 2.75) is 43.7 Å². The maximum Gasteiger partial charge on any atom is 0.306 e. The van der Waals surface area contributed by atoms with Crippen molar-refractivity contribution >= 4 is 34.3 Å². The van der Waals surface area contributed by atoms with Crippen LogP contribution < -0.4 is 4.74 Å². The van der Waals surface area contributed by atoms with E-state index in [9.17, 15) is 15.0 Å². The molecule has 2 saturated heterocycles. The van der Waals surface area contributed by atoms with Gasteiger partial charge in [0, 0.05) is 5.56 Å². The Morgan fingerprint density at radius 1 is 1.11 bits per heavy atom. The first kappa shape index (κ1) is 22.5. The minimum atomic E-state index is -0.731. The average Bonchev–Trinajstić information content (AvgIpc) is 3.55. The van der Waals surface area contributed by atoms with E-state index < -0.39 is 12.1 Å². The lowest BCUT2D eigenvalue weighted by molar-refractivity contribution is -0.141. The zero-order valence-corrected chi connectivity index (χ0v) is 19.4. The number of benzene rings is 1. The smallest absolute Gasteiger partial charge is 0.306 e. The van der Waals surface area contributed by atoms with Gasteiger partial charge in [0.25, 0.3) is 6.01 Å². The Morgan fingerprint density at radius 3 is 2.63 bits per heavy atom. The van der Waals surface area contributed by atoms with E-state index in [-0.39, 0.29) is 30.8 Å². The molecule has 2 fully saturated rings. The number of fused-ring (bicyclic) bond motifs is 2. The van der Waals surface area contributed by atoms with Gasteiger partial charge in [-0.2, -0.15) is 4.98 Å². The molecule has 9 nitrogen and oxygen atoms in total. The van der Waals surface area contributed by atoms with Gasteiger partial charge in [-0.15, -0.1) is 0 Å². The molecule has 0 radical (unpaired) electrons. The van der Waals surface area contributed by atoms with Crippen LogP contribution in [0.15, 0.2) is 36.4 Å². The van der Waals surface area contributed by atoms with Crippen LogP contribution in [0.5, 0.6) is 6.01 Å². The largest absolute Gasteiger partial charge is 0.481 e. The fourth-order valence-corrected chi connectivity index (χ4v) is 5.27. The van der Waals surface area contributed by atoms with Crippen LogP contribution in [0.25, 0.3) is 28.0 Å². The molecule has 2 aliphatic heterocycles. The SMILES string of the molecule is O=C(O)[C@@H]1CC=C(c2ccc(-c3nc4nc(O[C@@H]5CO[C@H]6[C@@H]5OC[C@H]6O)[nH]c4cc3Cl)cc2)CC1. The summed E-state index contributed by atoms with van der Waals surface area (Å²) in [4.78, 5) is 23.4. The quantitative estimate of drug-likeness (QED) is 0.489. The van der Waals surface area contributed by atoms with Gasteiger partial charge < -0.3 is 29.4 Å². The Hall–Kier alpha value is -2.98. The van der Waals surface area contributed by atoms with E-state index in [0.717, 1.165) is 23.1 Å². The molecule has 3 aliphatic rings. The predicted molar refractivity (Wildman–Crippen MR) is 127 cm³/mol. The number of ether oxygens (including phenoxy) is 3. The Kier molecular flexibility index (Phi) is 5.72. The molecule has 0 saturated carbocycles. The Bertz CT molecular complexity index is 1310. The Morgan fingerprint density at radius 2 is 1.89 bits per heavy atom. The minimum Gasteiger partial charge on any atom is -0.481 e. The number of aliphatic hydroxyl groups excluding tert-OH is 1. The molecule has 0 amide bonds. The number of halogens is 1. The summed E-state index contributed by atoms with van der Waals surface area (Å²) in [5.41, 5.74) is 4.82. The number of H-pyrrole nitrogens is 1. The molecule has 10 heteroatoms. The molecule has 2 aromatic heterocycles. The number of aliphatic carboxylic acids is 1. The van der Waals surface area contributed by atoms with Crippen molar-refractivity contribution in [3.05, 3.63) is 47.0 Å². The number of hydrogen-bond acceptors (Lipinski definition) is 7. The summed E-state index contributed by atoms with van der Waals surface area (Å²) in [6.07, 6.45) is 2.24. The van der Waals surface area contributed by atoms with Crippen LogP contribution >= 0.6 is 11.6 Å². The molecule has 3 aromatic rings. The van der Waals surface area contributed by atoms with E-state index >= 15 is 0 Å². The summed E-state index contributed by atoms with van der Waals surface area (Å²) in [5.74, 6) is -1.03. The van der Waals surface area contributed by atoms with Gasteiger partial charge in [-0.3, -0.25) is 4.79 Å². The summed E-state index contributed by atoms with van der Waals surface area (Å²) in [6.45, 7) is 0.539. The lowest BCUT2D eigenvalue weighted by atomic mass is 9.86. The first-order valence-electron chi connectivity index (χ1n) is 11.6. The number of carboxylic acid groups (broad SMARTS) is 1. The van der Waals surface area contributed by atoms with Crippen molar-refractivity contribution in [1.82, 2.24) is 15.0 Å². The highest BCUT2D eigenvalue weighted by Gasteiger charge is 2.48. The monoisotopic (exact) mass is 497 g/mol. The molecule has 5 atom stereocenters. The number of hydrogen-bond donors (Lipinski definition) is 3. The molecule has 0 bridgehead atoms. The number of rotatable bonds is 5. The number of nitrogens with zero attached hydrogens (tertiary/aromatic N) is 2. The summed E-state index contributed by atoms with van der Waals surface area (Å²) < 4.78 is 17.2. The number of nitrogens with one attached hydrogen (secondary N) is 1. The van der Waals surface area contributed by atoms with Crippen LogP contribution in [0, 0.1) is 5.92 Å². The second kappa shape index (κ2) is 8.91. The number of carboxylic acids is 1. The molecule has 35 heavy (non-hydrogen) atoms. The lowest BCUT2D eigenvalue weighted by Gasteiger charge is -2.19. The number of carbonyl (C=O) groups is 1. The van der Waals surface area contributed by atoms with Gasteiger partial charge >= 0.3 is 5.97 Å². The van der Waals surface area contributed by atoms with E-state index in [0.29, 0.717) is 47.3 Å². The third-order valence-corrected chi connectivity index (χ3v) is 7.23. The first-order chi connectivity index (χ1) is 17.0. The van der Waals surface area contributed by atoms with Crippen LogP contribution in [0.2, 0.25) is 5.02 Å². The molecule has 1 aliphatic carbocycles. The third kappa shape index (κ3) is 4.18. The van der Waals surface area contributed by atoms with Crippen molar-refractivity contribution < 1.29 is 29.2 Å². The van der Waals surface area contributed by atoms with Crippen LogP contribution in [0.3, 0.4) is 0 Å². The number of aliphatic hydroxyl groups is 1. The highest BCUT2D eigenvalue weighted by Crippen LogP contribution is 2.34. The van der Waals surface area contributed by atoms with E-state index in [2.05, 4.69) is 15.0 Å². The Labute approximate surface area is 205 Å². The zero-order valence-electron chi connectivity index (χ0n) is 18.7.